The van der Waals surface area contributed by atoms with Gasteiger partial charge in [-0.15, -0.1) is 0 Å². The van der Waals surface area contributed by atoms with Crippen LogP contribution in [0.25, 0.3) is 0 Å². The van der Waals surface area contributed by atoms with Crippen LogP contribution >= 0.6 is 23.4 Å². The summed E-state index contributed by atoms with van der Waals surface area (Å²) in [6.45, 7) is 0.360. The smallest absolute Gasteiger partial charge is 0.321 e. The number of pyridine rings is 1. The molecular formula is C15H14ClN3O2S. The SMILES string of the molecule is O=C(CSc1ncccc1Cl)NC(=O)NCc1ccccc1. The molecule has 0 fully saturated rings. The van der Waals surface area contributed by atoms with Crippen LogP contribution in [0, 0.1) is 0 Å². The average molecular weight is 336 g/mol. The monoisotopic (exact) mass is 335 g/mol. The number of rotatable bonds is 5. The number of nitrogens with one attached hydrogen (secondary N) is 2. The highest BCUT2D eigenvalue weighted by atomic mass is 35.5. The second kappa shape index (κ2) is 8.41. The van der Waals surface area contributed by atoms with Gasteiger partial charge in [-0.25, -0.2) is 9.78 Å². The van der Waals surface area contributed by atoms with Gasteiger partial charge in [0.05, 0.1) is 10.8 Å². The van der Waals surface area contributed by atoms with Gasteiger partial charge in [-0.2, -0.15) is 0 Å². The first-order chi connectivity index (χ1) is 10.6. The Kier molecular flexibility index (Phi) is 6.24. The van der Waals surface area contributed by atoms with Crippen LogP contribution in [0.5, 0.6) is 0 Å². The minimum absolute atomic E-state index is 0.0650. The van der Waals surface area contributed by atoms with Crippen LogP contribution in [0.1, 0.15) is 5.56 Å². The summed E-state index contributed by atoms with van der Waals surface area (Å²) in [5, 5.41) is 5.92. The molecule has 22 heavy (non-hydrogen) atoms. The molecule has 1 aromatic carbocycles. The van der Waals surface area contributed by atoms with Crippen molar-refractivity contribution in [1.82, 2.24) is 15.6 Å². The molecule has 1 heterocycles. The fraction of sp³-hybridized carbons (Fsp3) is 0.133. The third kappa shape index (κ3) is 5.38. The summed E-state index contributed by atoms with van der Waals surface area (Å²) < 4.78 is 0. The number of imide groups is 1. The van der Waals surface area contributed by atoms with E-state index in [1.807, 2.05) is 30.3 Å². The van der Waals surface area contributed by atoms with Crippen LogP contribution < -0.4 is 10.6 Å². The van der Waals surface area contributed by atoms with Gasteiger partial charge in [0.25, 0.3) is 0 Å². The van der Waals surface area contributed by atoms with Crippen molar-refractivity contribution in [2.24, 2.45) is 0 Å². The van der Waals surface area contributed by atoms with Crippen molar-refractivity contribution in [1.29, 1.82) is 0 Å². The fourth-order valence-electron chi connectivity index (χ4n) is 1.60. The zero-order valence-electron chi connectivity index (χ0n) is 11.6. The minimum Gasteiger partial charge on any atom is -0.334 e. The Labute approximate surface area is 137 Å². The Morgan fingerprint density at radius 2 is 1.91 bits per heavy atom. The molecule has 0 unspecified atom stereocenters. The Morgan fingerprint density at radius 3 is 2.64 bits per heavy atom. The van der Waals surface area contributed by atoms with E-state index >= 15 is 0 Å². The van der Waals surface area contributed by atoms with Crippen LogP contribution in [0.4, 0.5) is 4.79 Å². The number of hydrogen-bond donors (Lipinski definition) is 2. The summed E-state index contributed by atoms with van der Waals surface area (Å²) >= 11 is 7.11. The average Bonchev–Trinajstić information content (AvgIpc) is 2.53. The minimum atomic E-state index is -0.526. The number of carbonyl (C=O) groups excluding carboxylic acids is 2. The van der Waals surface area contributed by atoms with Gasteiger partial charge in [0.2, 0.25) is 5.91 Å². The highest BCUT2D eigenvalue weighted by Gasteiger charge is 2.09. The highest BCUT2D eigenvalue weighted by molar-refractivity contribution is 8.00. The first-order valence-electron chi connectivity index (χ1n) is 6.50. The van der Waals surface area contributed by atoms with Crippen LogP contribution in [-0.2, 0) is 11.3 Å². The number of aromatic nitrogens is 1. The number of amides is 3. The molecule has 0 saturated carbocycles. The molecule has 114 valence electrons. The maximum atomic E-state index is 11.7. The largest absolute Gasteiger partial charge is 0.334 e. The van der Waals surface area contributed by atoms with Gasteiger partial charge in [-0.05, 0) is 17.7 Å². The van der Waals surface area contributed by atoms with Crippen molar-refractivity contribution < 1.29 is 9.59 Å². The van der Waals surface area contributed by atoms with E-state index in [1.54, 1.807) is 18.3 Å². The van der Waals surface area contributed by atoms with Crippen molar-refractivity contribution >= 4 is 35.3 Å². The third-order valence-corrected chi connectivity index (χ3v) is 4.04. The number of hydrogen-bond acceptors (Lipinski definition) is 4. The van der Waals surface area contributed by atoms with Crippen molar-refractivity contribution in [2.75, 3.05) is 5.75 Å². The second-order valence-corrected chi connectivity index (χ2v) is 5.67. The van der Waals surface area contributed by atoms with Gasteiger partial charge < -0.3 is 5.32 Å². The standard InChI is InChI=1S/C15H14ClN3O2S/c16-12-7-4-8-17-14(12)22-10-13(20)19-15(21)18-9-11-5-2-1-3-6-11/h1-8H,9-10H2,(H2,18,19,20,21). The highest BCUT2D eigenvalue weighted by Crippen LogP contribution is 2.23. The first-order valence-corrected chi connectivity index (χ1v) is 7.86. The molecule has 0 spiro atoms. The molecule has 3 amide bonds. The number of carbonyl (C=O) groups is 2. The van der Waals surface area contributed by atoms with Crippen LogP contribution in [0.3, 0.4) is 0 Å². The molecule has 2 rings (SSSR count). The Balaban J connectivity index is 1.72. The van der Waals surface area contributed by atoms with E-state index < -0.39 is 11.9 Å². The van der Waals surface area contributed by atoms with Gasteiger partial charge in [0.15, 0.2) is 0 Å². The molecular weight excluding hydrogens is 322 g/mol. The van der Waals surface area contributed by atoms with Crippen molar-refractivity contribution in [3.63, 3.8) is 0 Å². The fourth-order valence-corrected chi connectivity index (χ4v) is 2.56. The number of urea groups is 1. The van der Waals surface area contributed by atoms with Crippen LogP contribution in [0.15, 0.2) is 53.7 Å². The van der Waals surface area contributed by atoms with E-state index in [1.165, 1.54) is 11.8 Å². The lowest BCUT2D eigenvalue weighted by Crippen LogP contribution is -2.39. The van der Waals surface area contributed by atoms with E-state index in [0.29, 0.717) is 16.6 Å². The topological polar surface area (TPSA) is 71.1 Å². The van der Waals surface area contributed by atoms with E-state index in [-0.39, 0.29) is 5.75 Å². The van der Waals surface area contributed by atoms with Crippen molar-refractivity contribution in [2.45, 2.75) is 11.6 Å². The number of nitrogens with zero attached hydrogens (tertiary/aromatic N) is 1. The molecule has 0 radical (unpaired) electrons. The van der Waals surface area contributed by atoms with Gasteiger partial charge in [0, 0.05) is 12.7 Å². The van der Waals surface area contributed by atoms with E-state index in [9.17, 15) is 9.59 Å². The maximum absolute atomic E-state index is 11.7. The molecule has 7 heteroatoms. The summed E-state index contributed by atoms with van der Waals surface area (Å²) in [6.07, 6.45) is 1.60. The summed E-state index contributed by atoms with van der Waals surface area (Å²) in [5.41, 5.74) is 0.958. The van der Waals surface area contributed by atoms with E-state index in [2.05, 4.69) is 15.6 Å². The molecule has 0 aliphatic rings. The van der Waals surface area contributed by atoms with E-state index in [0.717, 1.165) is 5.56 Å². The Hall–Kier alpha value is -2.05. The number of halogens is 1. The molecule has 0 bridgehead atoms. The zero-order valence-corrected chi connectivity index (χ0v) is 13.2. The summed E-state index contributed by atoms with van der Waals surface area (Å²) in [4.78, 5) is 27.4. The molecule has 2 N–H and O–H groups in total. The molecule has 0 saturated heterocycles. The van der Waals surface area contributed by atoms with Crippen molar-refractivity contribution in [3.05, 3.63) is 59.2 Å². The lowest BCUT2D eigenvalue weighted by Gasteiger charge is -2.07. The predicted octanol–water partition coefficient (Wildman–Crippen LogP) is 2.85. The van der Waals surface area contributed by atoms with Crippen LogP contribution in [-0.4, -0.2) is 22.7 Å². The van der Waals surface area contributed by atoms with Gasteiger partial charge >= 0.3 is 6.03 Å². The first kappa shape index (κ1) is 16.3. The quantitative estimate of drug-likeness (QED) is 0.824. The van der Waals surface area contributed by atoms with Gasteiger partial charge in [-0.1, -0.05) is 53.7 Å². The predicted molar refractivity (Wildman–Crippen MR) is 86.8 cm³/mol. The molecule has 2 aromatic rings. The van der Waals surface area contributed by atoms with Crippen LogP contribution in [0.2, 0.25) is 5.02 Å². The molecule has 0 aliphatic heterocycles. The second-order valence-electron chi connectivity index (χ2n) is 4.30. The summed E-state index contributed by atoms with van der Waals surface area (Å²) in [7, 11) is 0. The lowest BCUT2D eigenvalue weighted by molar-refractivity contribution is -0.117. The zero-order chi connectivity index (χ0) is 15.8. The van der Waals surface area contributed by atoms with Crippen molar-refractivity contribution in [3.8, 4) is 0 Å². The lowest BCUT2D eigenvalue weighted by atomic mass is 10.2. The number of thioether (sulfide) groups is 1. The molecule has 0 atom stereocenters. The molecule has 1 aromatic heterocycles. The van der Waals surface area contributed by atoms with Gasteiger partial charge in [0.1, 0.15) is 5.03 Å². The Morgan fingerprint density at radius 1 is 1.14 bits per heavy atom. The molecule has 5 nitrogen and oxygen atoms in total. The summed E-state index contributed by atoms with van der Waals surface area (Å²) in [5.74, 6) is -0.340. The third-order valence-electron chi connectivity index (χ3n) is 2.61. The summed E-state index contributed by atoms with van der Waals surface area (Å²) in [6, 6.07) is 12.3. The number of benzene rings is 1. The van der Waals surface area contributed by atoms with Gasteiger partial charge in [-0.3, -0.25) is 10.1 Å². The Bertz CT molecular complexity index is 652. The normalized spacial score (nSPS) is 10.0. The maximum Gasteiger partial charge on any atom is 0.321 e. The molecule has 0 aliphatic carbocycles. The van der Waals surface area contributed by atoms with E-state index in [4.69, 9.17) is 11.6 Å².